The summed E-state index contributed by atoms with van der Waals surface area (Å²) in [5.41, 5.74) is 3.08. The van der Waals surface area contributed by atoms with Gasteiger partial charge in [-0.1, -0.05) is 37.0 Å². The van der Waals surface area contributed by atoms with Crippen molar-refractivity contribution in [1.29, 1.82) is 0 Å². The van der Waals surface area contributed by atoms with Gasteiger partial charge in [0.05, 0.1) is 28.5 Å². The molecule has 0 heterocycles. The number of nitrogens with zero attached hydrogens (tertiary/aromatic N) is 1. The van der Waals surface area contributed by atoms with Crippen molar-refractivity contribution in [3.8, 4) is 17.2 Å². The summed E-state index contributed by atoms with van der Waals surface area (Å²) in [6.07, 6.45) is 0.878. The van der Waals surface area contributed by atoms with Gasteiger partial charge in [0.15, 0.2) is 24.2 Å². The maximum atomic E-state index is 12.9. The molecule has 2 aromatic carbocycles. The first-order valence-electron chi connectivity index (χ1n) is 12.4. The minimum atomic E-state index is -0.927. The molecule has 0 aliphatic heterocycles. The zero-order valence-electron chi connectivity index (χ0n) is 22.8. The van der Waals surface area contributed by atoms with E-state index < -0.39 is 29.9 Å². The molecule has 0 aliphatic rings. The Bertz CT molecular complexity index is 1230. The Labute approximate surface area is 257 Å². The van der Waals surface area contributed by atoms with Gasteiger partial charge in [-0.25, -0.2) is 10.2 Å². The summed E-state index contributed by atoms with van der Waals surface area (Å²) in [7, 11) is 1.47. The van der Waals surface area contributed by atoms with Gasteiger partial charge in [-0.15, -0.1) is 0 Å². The first-order chi connectivity index (χ1) is 18.9. The summed E-state index contributed by atoms with van der Waals surface area (Å²) in [4.78, 5) is 37.4. The van der Waals surface area contributed by atoms with Crippen molar-refractivity contribution in [2.45, 2.75) is 46.3 Å². The number of amides is 2. The van der Waals surface area contributed by atoms with Crippen LogP contribution in [0.4, 0.5) is 0 Å². The lowest BCUT2D eigenvalue weighted by molar-refractivity contribution is -0.145. The number of rotatable bonds is 14. The molecule has 218 valence electrons. The van der Waals surface area contributed by atoms with Crippen molar-refractivity contribution in [3.05, 3.63) is 49.5 Å². The number of hydrazone groups is 1. The molecular formula is C27H32Cl2IN3O7. The summed E-state index contributed by atoms with van der Waals surface area (Å²) < 4.78 is 22.1. The van der Waals surface area contributed by atoms with E-state index in [2.05, 4.69) is 15.8 Å². The molecule has 2 N–H and O–H groups in total. The quantitative estimate of drug-likeness (QED) is 0.123. The van der Waals surface area contributed by atoms with E-state index in [1.807, 2.05) is 36.4 Å². The largest absolute Gasteiger partial charge is 0.493 e. The Kier molecular flexibility index (Phi) is 13.8. The molecule has 2 rings (SSSR count). The summed E-state index contributed by atoms with van der Waals surface area (Å²) in [6, 6.07) is 7.21. The minimum absolute atomic E-state index is 0.106. The third-order valence-electron chi connectivity index (χ3n) is 5.19. The van der Waals surface area contributed by atoms with E-state index in [0.717, 1.165) is 0 Å². The third-order valence-corrected chi connectivity index (χ3v) is 6.52. The smallest absolute Gasteiger partial charge is 0.344 e. The van der Waals surface area contributed by atoms with Crippen LogP contribution in [0.1, 0.15) is 39.7 Å². The highest BCUT2D eigenvalue weighted by atomic mass is 127. The zero-order chi connectivity index (χ0) is 29.8. The van der Waals surface area contributed by atoms with Gasteiger partial charge in [0.1, 0.15) is 11.8 Å². The molecule has 2 atom stereocenters. The Hall–Kier alpha value is -2.77. The highest BCUT2D eigenvalue weighted by Gasteiger charge is 2.25. The highest BCUT2D eigenvalue weighted by Crippen LogP contribution is 2.33. The third kappa shape index (κ3) is 10.7. The molecule has 0 aliphatic carbocycles. The van der Waals surface area contributed by atoms with E-state index >= 15 is 0 Å². The second-order valence-corrected chi connectivity index (χ2v) is 10.9. The molecule has 40 heavy (non-hydrogen) atoms. The van der Waals surface area contributed by atoms with Gasteiger partial charge in [-0.3, -0.25) is 9.59 Å². The molecule has 0 saturated carbocycles. The Balaban J connectivity index is 2.06. The van der Waals surface area contributed by atoms with Crippen LogP contribution >= 0.6 is 45.8 Å². The summed E-state index contributed by atoms with van der Waals surface area (Å²) in [5.74, 6) is -0.316. The predicted octanol–water partition coefficient (Wildman–Crippen LogP) is 5.00. The van der Waals surface area contributed by atoms with Crippen molar-refractivity contribution in [2.75, 3.05) is 20.3 Å². The number of nitrogens with one attached hydrogen (secondary N) is 2. The minimum Gasteiger partial charge on any atom is -0.493 e. The van der Waals surface area contributed by atoms with E-state index in [-0.39, 0.29) is 24.2 Å². The molecule has 13 heteroatoms. The lowest BCUT2D eigenvalue weighted by Gasteiger charge is -2.22. The van der Waals surface area contributed by atoms with Gasteiger partial charge in [-0.2, -0.15) is 5.10 Å². The second-order valence-electron chi connectivity index (χ2n) is 8.89. The number of hydrogen-bond acceptors (Lipinski definition) is 8. The average Bonchev–Trinajstić information content (AvgIpc) is 2.88. The number of carbonyl (C=O) groups is 3. The van der Waals surface area contributed by atoms with Crippen molar-refractivity contribution < 1.29 is 33.3 Å². The molecule has 10 nitrogen and oxygen atoms in total. The maximum absolute atomic E-state index is 12.9. The molecule has 0 spiro atoms. The maximum Gasteiger partial charge on any atom is 0.344 e. The molecule has 0 fully saturated rings. The van der Waals surface area contributed by atoms with E-state index in [0.29, 0.717) is 37.8 Å². The lowest BCUT2D eigenvalue weighted by atomic mass is 10.0. The molecule has 0 bridgehead atoms. The number of hydrogen-bond donors (Lipinski definition) is 2. The molecule has 0 saturated heterocycles. The standard InChI is InChI=1S/C27H32Cl2IN3O7/c1-6-38-24(34)14-39-25-20(30)10-17(11-23(25)37-5)13-31-33-27(36)21(9-15(2)3)32-26(35)16(4)40-22-8-7-18(28)12-19(22)29/h7-8,10-13,15-16,21H,6,9,14H2,1-5H3,(H,32,35)(H,33,36)/b31-13-/t16-,21-/m0/s1. The summed E-state index contributed by atoms with van der Waals surface area (Å²) in [6.45, 7) is 7.12. The number of carbonyl (C=O) groups excluding carboxylic acids is 3. The fourth-order valence-corrected chi connectivity index (χ4v) is 4.58. The van der Waals surface area contributed by atoms with Gasteiger partial charge in [0, 0.05) is 5.02 Å². The van der Waals surface area contributed by atoms with Crippen molar-refractivity contribution in [3.63, 3.8) is 0 Å². The zero-order valence-corrected chi connectivity index (χ0v) is 26.4. The van der Waals surface area contributed by atoms with Gasteiger partial charge in [0.25, 0.3) is 11.8 Å². The van der Waals surface area contributed by atoms with E-state index in [4.69, 9.17) is 42.1 Å². The molecule has 2 amide bonds. The first-order valence-corrected chi connectivity index (χ1v) is 14.2. The molecule has 0 aromatic heterocycles. The Morgan fingerprint density at radius 1 is 1.07 bits per heavy atom. The van der Waals surface area contributed by atoms with E-state index in [1.54, 1.807) is 38.1 Å². The topological polar surface area (TPSA) is 125 Å². The number of ether oxygens (including phenoxy) is 4. The SMILES string of the molecule is CCOC(=O)COc1c(I)cc(/C=N\NC(=O)[C@H](CC(C)C)NC(=O)[C@H](C)Oc2ccc(Cl)cc2Cl)cc1OC. The van der Waals surface area contributed by atoms with Crippen LogP contribution in [0.15, 0.2) is 35.4 Å². The average molecular weight is 708 g/mol. The normalized spacial score (nSPS) is 12.5. The van der Waals surface area contributed by atoms with Gasteiger partial charge in [-0.05, 0) is 84.7 Å². The van der Waals surface area contributed by atoms with Crippen LogP contribution in [0.5, 0.6) is 17.2 Å². The molecule has 0 radical (unpaired) electrons. The van der Waals surface area contributed by atoms with E-state index in [1.165, 1.54) is 19.4 Å². The first kappa shape index (κ1) is 33.4. The van der Waals surface area contributed by atoms with Crippen LogP contribution in [0.3, 0.4) is 0 Å². The number of methoxy groups -OCH3 is 1. The van der Waals surface area contributed by atoms with Gasteiger partial charge in [0.2, 0.25) is 0 Å². The van der Waals surface area contributed by atoms with Crippen molar-refractivity contribution in [1.82, 2.24) is 10.7 Å². The van der Waals surface area contributed by atoms with Gasteiger partial charge < -0.3 is 24.3 Å². The van der Waals surface area contributed by atoms with Gasteiger partial charge >= 0.3 is 5.97 Å². The lowest BCUT2D eigenvalue weighted by Crippen LogP contribution is -2.49. The molecule has 0 unspecified atom stereocenters. The molecule has 2 aromatic rings. The van der Waals surface area contributed by atoms with Crippen LogP contribution in [0, 0.1) is 9.49 Å². The predicted molar refractivity (Wildman–Crippen MR) is 162 cm³/mol. The monoisotopic (exact) mass is 707 g/mol. The second kappa shape index (κ2) is 16.5. The van der Waals surface area contributed by atoms with Crippen LogP contribution in [0.2, 0.25) is 10.0 Å². The van der Waals surface area contributed by atoms with Crippen LogP contribution in [0.25, 0.3) is 0 Å². The Morgan fingerprint density at radius 3 is 2.42 bits per heavy atom. The van der Waals surface area contributed by atoms with Crippen LogP contribution < -0.4 is 25.0 Å². The fourth-order valence-electron chi connectivity index (χ4n) is 3.34. The van der Waals surface area contributed by atoms with Crippen LogP contribution in [-0.4, -0.2) is 56.5 Å². The van der Waals surface area contributed by atoms with Crippen LogP contribution in [-0.2, 0) is 19.1 Å². The Morgan fingerprint density at radius 2 is 1.80 bits per heavy atom. The fraction of sp³-hybridized carbons (Fsp3) is 0.407. The van der Waals surface area contributed by atoms with Crippen molar-refractivity contribution in [2.24, 2.45) is 11.0 Å². The van der Waals surface area contributed by atoms with Crippen molar-refractivity contribution >= 4 is 69.8 Å². The number of esters is 1. The summed E-state index contributed by atoms with van der Waals surface area (Å²) in [5, 5.41) is 7.47. The molecular weight excluding hydrogens is 676 g/mol. The number of halogens is 3. The number of benzene rings is 2. The summed E-state index contributed by atoms with van der Waals surface area (Å²) >= 11 is 14.1. The highest BCUT2D eigenvalue weighted by molar-refractivity contribution is 14.1. The van der Waals surface area contributed by atoms with E-state index in [9.17, 15) is 14.4 Å².